The van der Waals surface area contributed by atoms with E-state index in [4.69, 9.17) is 13.9 Å². The number of rotatable bonds is 7. The van der Waals surface area contributed by atoms with Crippen LogP contribution >= 0.6 is 0 Å². The van der Waals surface area contributed by atoms with Crippen molar-refractivity contribution in [1.82, 2.24) is 10.6 Å². The molecule has 0 aromatic carbocycles. The highest BCUT2D eigenvalue weighted by atomic mass is 16.5. The van der Waals surface area contributed by atoms with Crippen molar-refractivity contribution in [3.63, 3.8) is 0 Å². The van der Waals surface area contributed by atoms with E-state index < -0.39 is 0 Å². The Morgan fingerprint density at radius 1 is 1.43 bits per heavy atom. The van der Waals surface area contributed by atoms with Gasteiger partial charge in [0.2, 0.25) is 0 Å². The van der Waals surface area contributed by atoms with Crippen molar-refractivity contribution in [2.75, 3.05) is 13.2 Å². The largest absolute Gasteiger partial charge is 0.467 e. The normalized spacial score (nSPS) is 27.0. The minimum absolute atomic E-state index is 0.109. The topological polar surface area (TPSA) is 72.7 Å². The zero-order chi connectivity index (χ0) is 14.5. The van der Waals surface area contributed by atoms with E-state index in [0.717, 1.165) is 31.4 Å². The molecule has 3 heterocycles. The molecule has 0 saturated carbocycles. The second kappa shape index (κ2) is 6.95. The summed E-state index contributed by atoms with van der Waals surface area (Å²) in [6.45, 7) is 1.67. The third-order valence-corrected chi connectivity index (χ3v) is 4.00. The first-order valence-electron chi connectivity index (χ1n) is 7.61. The third kappa shape index (κ3) is 3.98. The second-order valence-electron chi connectivity index (χ2n) is 5.60. The van der Waals surface area contributed by atoms with Crippen LogP contribution in [0.25, 0.3) is 0 Å². The van der Waals surface area contributed by atoms with Crippen LogP contribution in [0.5, 0.6) is 0 Å². The van der Waals surface area contributed by atoms with Gasteiger partial charge in [0.05, 0.1) is 24.5 Å². The monoisotopic (exact) mass is 294 g/mol. The quantitative estimate of drug-likeness (QED) is 0.752. The van der Waals surface area contributed by atoms with Crippen molar-refractivity contribution < 1.29 is 18.7 Å². The van der Waals surface area contributed by atoms with Crippen molar-refractivity contribution >= 4 is 6.03 Å². The summed E-state index contributed by atoms with van der Waals surface area (Å²) in [6, 6.07) is 3.79. The molecule has 2 N–H and O–H groups in total. The average Bonchev–Trinajstić information content (AvgIpc) is 3.19. The van der Waals surface area contributed by atoms with Gasteiger partial charge in [-0.05, 0) is 37.8 Å². The molecule has 2 bridgehead atoms. The number of carbonyl (C=O) groups excluding carboxylic acids is 1. The predicted octanol–water partition coefficient (Wildman–Crippen LogP) is 1.81. The van der Waals surface area contributed by atoms with Gasteiger partial charge in [-0.2, -0.15) is 0 Å². The summed E-state index contributed by atoms with van der Waals surface area (Å²) in [5.41, 5.74) is 0. The highest BCUT2D eigenvalue weighted by Crippen LogP contribution is 2.34. The molecule has 2 amide bonds. The molecule has 0 radical (unpaired) electrons. The molecule has 6 nitrogen and oxygen atoms in total. The number of nitrogens with one attached hydrogen (secondary N) is 2. The van der Waals surface area contributed by atoms with Gasteiger partial charge in [-0.15, -0.1) is 0 Å². The number of urea groups is 1. The van der Waals surface area contributed by atoms with E-state index in [2.05, 4.69) is 10.6 Å². The first-order valence-corrected chi connectivity index (χ1v) is 7.61. The molecule has 0 aliphatic carbocycles. The lowest BCUT2D eigenvalue weighted by Gasteiger charge is -2.20. The number of carbonyl (C=O) groups is 1. The van der Waals surface area contributed by atoms with Crippen molar-refractivity contribution in [3.05, 3.63) is 24.2 Å². The fourth-order valence-corrected chi connectivity index (χ4v) is 2.95. The highest BCUT2D eigenvalue weighted by molar-refractivity contribution is 5.74. The van der Waals surface area contributed by atoms with Crippen LogP contribution in [-0.4, -0.2) is 37.4 Å². The molecule has 2 saturated heterocycles. The van der Waals surface area contributed by atoms with Crippen LogP contribution in [-0.2, 0) is 16.1 Å². The van der Waals surface area contributed by atoms with Gasteiger partial charge in [0.1, 0.15) is 12.4 Å². The lowest BCUT2D eigenvalue weighted by molar-refractivity contribution is 0.0977. The molecule has 3 atom stereocenters. The van der Waals surface area contributed by atoms with Crippen LogP contribution in [0.2, 0.25) is 0 Å². The summed E-state index contributed by atoms with van der Waals surface area (Å²) in [5, 5.41) is 5.85. The van der Waals surface area contributed by atoms with Crippen molar-refractivity contribution in [3.8, 4) is 0 Å². The van der Waals surface area contributed by atoms with Gasteiger partial charge in [0, 0.05) is 13.2 Å². The van der Waals surface area contributed by atoms with Gasteiger partial charge < -0.3 is 24.5 Å². The Kier molecular flexibility index (Phi) is 4.77. The van der Waals surface area contributed by atoms with Crippen molar-refractivity contribution in [2.45, 2.75) is 50.5 Å². The lowest BCUT2D eigenvalue weighted by Crippen LogP contribution is -2.46. The molecule has 6 heteroatoms. The van der Waals surface area contributed by atoms with Gasteiger partial charge in [-0.1, -0.05) is 0 Å². The molecule has 2 fully saturated rings. The number of furan rings is 1. The van der Waals surface area contributed by atoms with Gasteiger partial charge >= 0.3 is 6.03 Å². The molecule has 3 rings (SSSR count). The zero-order valence-corrected chi connectivity index (χ0v) is 12.0. The Balaban J connectivity index is 1.22. The molecule has 0 unspecified atom stereocenters. The van der Waals surface area contributed by atoms with E-state index in [0.29, 0.717) is 25.9 Å². The number of hydrogen-bond donors (Lipinski definition) is 2. The van der Waals surface area contributed by atoms with Crippen LogP contribution in [0.4, 0.5) is 4.79 Å². The number of fused-ring (bicyclic) bond motifs is 2. The molecule has 0 spiro atoms. The highest BCUT2D eigenvalue weighted by Gasteiger charge is 2.41. The van der Waals surface area contributed by atoms with E-state index in [9.17, 15) is 4.79 Å². The van der Waals surface area contributed by atoms with Crippen LogP contribution in [0.1, 0.15) is 31.4 Å². The first kappa shape index (κ1) is 14.4. The maximum absolute atomic E-state index is 11.8. The Bertz CT molecular complexity index is 449. The van der Waals surface area contributed by atoms with Gasteiger partial charge in [0.25, 0.3) is 0 Å². The van der Waals surface area contributed by atoms with E-state index in [-0.39, 0.29) is 18.2 Å². The number of ether oxygens (including phenoxy) is 2. The summed E-state index contributed by atoms with van der Waals surface area (Å²) in [4.78, 5) is 11.8. The van der Waals surface area contributed by atoms with Crippen molar-refractivity contribution in [1.29, 1.82) is 0 Å². The maximum Gasteiger partial charge on any atom is 0.315 e. The predicted molar refractivity (Wildman–Crippen MR) is 75.8 cm³/mol. The summed E-state index contributed by atoms with van der Waals surface area (Å²) in [6.07, 6.45) is 6.14. The minimum Gasteiger partial charge on any atom is -0.467 e. The molecule has 21 heavy (non-hydrogen) atoms. The number of amides is 2. The molecule has 116 valence electrons. The standard InChI is InChI=1S/C15H22N2O4/c18-15(17-13-9-11-4-5-14(13)21-11)16-6-2-7-19-10-12-3-1-8-20-12/h1,3,8,11,13-14H,2,4-7,9-10H2,(H2,16,17,18)/t11-,13-,14-/m1/s1. The molecule has 2 aliphatic rings. The molecule has 2 aliphatic heterocycles. The van der Waals surface area contributed by atoms with Gasteiger partial charge in [-0.3, -0.25) is 0 Å². The SMILES string of the molecule is O=C(NCCCOCc1ccco1)N[C@@H]1C[C@H]2CC[C@H]1O2. The fourth-order valence-electron chi connectivity index (χ4n) is 2.95. The zero-order valence-electron chi connectivity index (χ0n) is 12.0. The maximum atomic E-state index is 11.8. The summed E-state index contributed by atoms with van der Waals surface area (Å²) >= 11 is 0. The van der Waals surface area contributed by atoms with E-state index >= 15 is 0 Å². The van der Waals surface area contributed by atoms with Gasteiger partial charge in [0.15, 0.2) is 0 Å². The third-order valence-electron chi connectivity index (χ3n) is 4.00. The molecular formula is C15H22N2O4. The van der Waals surface area contributed by atoms with Crippen LogP contribution in [0.3, 0.4) is 0 Å². The van der Waals surface area contributed by atoms with Gasteiger partial charge in [-0.25, -0.2) is 4.79 Å². The summed E-state index contributed by atoms with van der Waals surface area (Å²) in [7, 11) is 0. The second-order valence-corrected chi connectivity index (χ2v) is 5.60. The molecule has 1 aromatic heterocycles. The summed E-state index contributed by atoms with van der Waals surface area (Å²) < 4.78 is 16.3. The van der Waals surface area contributed by atoms with E-state index in [1.54, 1.807) is 6.26 Å². The minimum atomic E-state index is -0.109. The Morgan fingerprint density at radius 3 is 3.10 bits per heavy atom. The Morgan fingerprint density at radius 2 is 2.38 bits per heavy atom. The molecular weight excluding hydrogens is 272 g/mol. The Labute approximate surface area is 124 Å². The molecule has 1 aromatic rings. The first-order chi connectivity index (χ1) is 10.3. The summed E-state index contributed by atoms with van der Waals surface area (Å²) in [5.74, 6) is 0.817. The van der Waals surface area contributed by atoms with Crippen LogP contribution < -0.4 is 10.6 Å². The lowest BCUT2D eigenvalue weighted by atomic mass is 9.96. The van der Waals surface area contributed by atoms with Crippen LogP contribution in [0, 0.1) is 0 Å². The fraction of sp³-hybridized carbons (Fsp3) is 0.667. The van der Waals surface area contributed by atoms with E-state index in [1.165, 1.54) is 0 Å². The van der Waals surface area contributed by atoms with E-state index in [1.807, 2.05) is 12.1 Å². The smallest absolute Gasteiger partial charge is 0.315 e. The van der Waals surface area contributed by atoms with Crippen molar-refractivity contribution in [2.24, 2.45) is 0 Å². The van der Waals surface area contributed by atoms with Crippen LogP contribution in [0.15, 0.2) is 22.8 Å². The average molecular weight is 294 g/mol. The number of hydrogen-bond acceptors (Lipinski definition) is 4. The Hall–Kier alpha value is -1.53.